The number of aromatic nitrogens is 2. The molecule has 4 rings (SSSR count). The van der Waals surface area contributed by atoms with E-state index in [0.717, 1.165) is 5.56 Å². The lowest BCUT2D eigenvalue weighted by atomic mass is 9.74. The van der Waals surface area contributed by atoms with E-state index in [2.05, 4.69) is 4.98 Å². The lowest BCUT2D eigenvalue weighted by molar-refractivity contribution is -0.206. The fourth-order valence-corrected chi connectivity index (χ4v) is 4.48. The summed E-state index contributed by atoms with van der Waals surface area (Å²) in [5.74, 6) is -0.0593. The third-order valence-corrected chi connectivity index (χ3v) is 6.58. The predicted molar refractivity (Wildman–Crippen MR) is 109 cm³/mol. The minimum Gasteiger partial charge on any atom is -0.388 e. The van der Waals surface area contributed by atoms with E-state index >= 15 is 0 Å². The summed E-state index contributed by atoms with van der Waals surface area (Å²) in [5.41, 5.74) is 1.98. The Bertz CT molecular complexity index is 1110. The number of aliphatic hydroxyl groups is 1. The molecule has 2 unspecified atom stereocenters. The number of nitrogens with zero attached hydrogens (tertiary/aromatic N) is 2. The largest absolute Gasteiger partial charge is 0.398 e. The molecule has 2 atom stereocenters. The monoisotopic (exact) mass is 418 g/mol. The van der Waals surface area contributed by atoms with Crippen molar-refractivity contribution in [2.45, 2.75) is 59.4 Å². The molecule has 0 bridgehead atoms. The molecule has 1 aliphatic carbocycles. The van der Waals surface area contributed by atoms with Crippen LogP contribution in [0.1, 0.15) is 61.2 Å². The lowest BCUT2D eigenvalue weighted by Crippen LogP contribution is -2.39. The van der Waals surface area contributed by atoms with E-state index < -0.39 is 17.7 Å². The smallest absolute Gasteiger partial charge is 0.388 e. The standard InChI is InChI=1S/C23H25F3N2O2/c1-5-22(23(24,25)26)7-6-17-14(10-22)8-15-11-28-18(19(15)27-17)9-16(13(4)21(28)30)20(29)12(2)3/h6-9,12,20,29H,5,10-11H2,1-4H3. The molecule has 30 heavy (non-hydrogen) atoms. The fourth-order valence-electron chi connectivity index (χ4n) is 4.48. The second-order valence-electron chi connectivity index (χ2n) is 8.75. The van der Waals surface area contributed by atoms with E-state index in [1.54, 1.807) is 30.5 Å². The van der Waals surface area contributed by atoms with E-state index in [4.69, 9.17) is 0 Å². The number of rotatable bonds is 3. The third-order valence-electron chi connectivity index (χ3n) is 6.58. The van der Waals surface area contributed by atoms with Crippen LogP contribution in [0.4, 0.5) is 13.2 Å². The molecular formula is C23H25F3N2O2. The Morgan fingerprint density at radius 2 is 1.97 bits per heavy atom. The molecule has 1 aliphatic heterocycles. The van der Waals surface area contributed by atoms with E-state index in [1.807, 2.05) is 13.8 Å². The molecule has 160 valence electrons. The Kier molecular flexibility index (Phi) is 4.73. The Labute approximate surface area is 173 Å². The first-order chi connectivity index (χ1) is 14.0. The van der Waals surface area contributed by atoms with Gasteiger partial charge in [0.2, 0.25) is 0 Å². The summed E-state index contributed by atoms with van der Waals surface area (Å²) in [4.78, 5) is 17.6. The zero-order chi connectivity index (χ0) is 22.0. The number of hydrogen-bond donors (Lipinski definition) is 1. The van der Waals surface area contributed by atoms with Crippen molar-refractivity contribution in [2.24, 2.45) is 11.3 Å². The second-order valence-corrected chi connectivity index (χ2v) is 8.75. The van der Waals surface area contributed by atoms with Crippen molar-refractivity contribution in [1.29, 1.82) is 0 Å². The van der Waals surface area contributed by atoms with Crippen molar-refractivity contribution in [3.63, 3.8) is 0 Å². The number of hydrogen-bond acceptors (Lipinski definition) is 3. The molecule has 0 aromatic carbocycles. The Hall–Kier alpha value is -2.41. The van der Waals surface area contributed by atoms with Gasteiger partial charge < -0.3 is 9.67 Å². The van der Waals surface area contributed by atoms with Crippen LogP contribution in [0.2, 0.25) is 0 Å². The summed E-state index contributed by atoms with van der Waals surface area (Å²) in [5, 5.41) is 10.5. The van der Waals surface area contributed by atoms with Crippen molar-refractivity contribution in [3.05, 3.63) is 56.5 Å². The number of allylic oxidation sites excluding steroid dienone is 1. The maximum Gasteiger partial charge on any atom is 0.398 e. The normalized spacial score (nSPS) is 20.8. The summed E-state index contributed by atoms with van der Waals surface area (Å²) in [6.07, 6.45) is -2.63. The average molecular weight is 418 g/mol. The van der Waals surface area contributed by atoms with Gasteiger partial charge in [0.15, 0.2) is 0 Å². The minimum atomic E-state index is -4.34. The van der Waals surface area contributed by atoms with Gasteiger partial charge in [-0.3, -0.25) is 4.79 Å². The first-order valence-corrected chi connectivity index (χ1v) is 10.2. The van der Waals surface area contributed by atoms with Crippen LogP contribution >= 0.6 is 0 Å². The van der Waals surface area contributed by atoms with Crippen molar-refractivity contribution in [2.75, 3.05) is 0 Å². The van der Waals surface area contributed by atoms with Gasteiger partial charge in [-0.05, 0) is 55.0 Å². The molecule has 0 radical (unpaired) electrons. The van der Waals surface area contributed by atoms with Gasteiger partial charge in [0.05, 0.1) is 35.1 Å². The van der Waals surface area contributed by atoms with Crippen molar-refractivity contribution in [3.8, 4) is 11.4 Å². The van der Waals surface area contributed by atoms with Crippen LogP contribution in [0.5, 0.6) is 0 Å². The fraction of sp³-hybridized carbons (Fsp3) is 0.478. The van der Waals surface area contributed by atoms with E-state index in [1.165, 1.54) is 12.2 Å². The summed E-state index contributed by atoms with van der Waals surface area (Å²) >= 11 is 0. The highest BCUT2D eigenvalue weighted by Crippen LogP contribution is 2.48. The number of pyridine rings is 2. The number of aliphatic hydroxyl groups excluding tert-OH is 1. The van der Waals surface area contributed by atoms with Crippen LogP contribution in [0.3, 0.4) is 0 Å². The molecule has 3 heterocycles. The summed E-state index contributed by atoms with van der Waals surface area (Å²) < 4.78 is 42.8. The number of alkyl halides is 3. The van der Waals surface area contributed by atoms with Crippen molar-refractivity contribution in [1.82, 2.24) is 9.55 Å². The minimum absolute atomic E-state index is 0.0428. The summed E-state index contributed by atoms with van der Waals surface area (Å²) in [6.45, 7) is 7.27. The summed E-state index contributed by atoms with van der Waals surface area (Å²) in [7, 11) is 0. The number of fused-ring (bicyclic) bond motifs is 4. The zero-order valence-electron chi connectivity index (χ0n) is 17.5. The van der Waals surface area contributed by atoms with Gasteiger partial charge >= 0.3 is 6.18 Å². The van der Waals surface area contributed by atoms with Crippen LogP contribution in [-0.4, -0.2) is 20.8 Å². The molecule has 1 N–H and O–H groups in total. The SMILES string of the molecule is CCC1(C(F)(F)F)C=Cc2nc3c(cc2C1)Cn1c-3cc(C(O)C(C)C)c(C)c1=O. The maximum absolute atomic E-state index is 13.7. The highest BCUT2D eigenvalue weighted by molar-refractivity contribution is 5.69. The third kappa shape index (κ3) is 2.94. The molecule has 0 amide bonds. The first kappa shape index (κ1) is 20.8. The molecule has 2 aromatic rings. The van der Waals surface area contributed by atoms with Crippen LogP contribution in [0, 0.1) is 18.3 Å². The quantitative estimate of drug-likeness (QED) is 0.665. The molecule has 2 aromatic heterocycles. The second kappa shape index (κ2) is 6.80. The molecule has 0 saturated carbocycles. The van der Waals surface area contributed by atoms with Crippen LogP contribution < -0.4 is 5.56 Å². The van der Waals surface area contributed by atoms with E-state index in [0.29, 0.717) is 33.8 Å². The molecule has 0 saturated heterocycles. The van der Waals surface area contributed by atoms with E-state index in [-0.39, 0.29) is 30.9 Å². The van der Waals surface area contributed by atoms with Gasteiger partial charge in [-0.2, -0.15) is 13.2 Å². The summed E-state index contributed by atoms with van der Waals surface area (Å²) in [6, 6.07) is 3.56. The molecule has 0 fully saturated rings. The van der Waals surface area contributed by atoms with Crippen LogP contribution in [-0.2, 0) is 13.0 Å². The Morgan fingerprint density at radius 1 is 1.27 bits per heavy atom. The molecule has 4 nitrogen and oxygen atoms in total. The van der Waals surface area contributed by atoms with Gasteiger partial charge in [0, 0.05) is 11.1 Å². The zero-order valence-corrected chi connectivity index (χ0v) is 17.5. The molecule has 0 spiro atoms. The van der Waals surface area contributed by atoms with E-state index in [9.17, 15) is 23.1 Å². The van der Waals surface area contributed by atoms with Gasteiger partial charge in [0.25, 0.3) is 5.56 Å². The van der Waals surface area contributed by atoms with Crippen molar-refractivity contribution < 1.29 is 18.3 Å². The lowest BCUT2D eigenvalue weighted by Gasteiger charge is -2.35. The molecule has 7 heteroatoms. The topological polar surface area (TPSA) is 55.1 Å². The van der Waals surface area contributed by atoms with Gasteiger partial charge in [-0.25, -0.2) is 4.98 Å². The Morgan fingerprint density at radius 3 is 2.57 bits per heavy atom. The first-order valence-electron chi connectivity index (χ1n) is 10.2. The highest BCUT2D eigenvalue weighted by Gasteiger charge is 2.52. The predicted octanol–water partition coefficient (Wildman–Crippen LogP) is 4.80. The van der Waals surface area contributed by atoms with Gasteiger partial charge in [0.1, 0.15) is 0 Å². The maximum atomic E-state index is 13.7. The van der Waals surface area contributed by atoms with Gasteiger partial charge in [-0.1, -0.05) is 26.8 Å². The van der Waals surface area contributed by atoms with Crippen molar-refractivity contribution >= 4 is 6.08 Å². The van der Waals surface area contributed by atoms with Crippen LogP contribution in [0.15, 0.2) is 23.0 Å². The number of halogens is 3. The van der Waals surface area contributed by atoms with Gasteiger partial charge in [-0.15, -0.1) is 0 Å². The molecular weight excluding hydrogens is 393 g/mol. The molecule has 2 aliphatic rings. The van der Waals surface area contributed by atoms with Crippen LogP contribution in [0.25, 0.3) is 17.5 Å². The highest BCUT2D eigenvalue weighted by atomic mass is 19.4. The average Bonchev–Trinajstić information content (AvgIpc) is 3.04. The Balaban J connectivity index is 1.84.